The zero-order chi connectivity index (χ0) is 20.3. The molecule has 10 heteroatoms. The summed E-state index contributed by atoms with van der Waals surface area (Å²) in [5.74, 6) is -1.23. The maximum atomic E-state index is 12.4. The van der Waals surface area contributed by atoms with E-state index < -0.39 is 28.0 Å². The highest BCUT2D eigenvalue weighted by molar-refractivity contribution is 7.87. The molecule has 1 aliphatic heterocycles. The fourth-order valence-corrected chi connectivity index (χ4v) is 3.27. The number of hydrogen-bond donors (Lipinski definition) is 2. The van der Waals surface area contributed by atoms with Crippen LogP contribution < -0.4 is 19.6 Å². The van der Waals surface area contributed by atoms with Gasteiger partial charge in [0, 0.05) is 0 Å². The van der Waals surface area contributed by atoms with E-state index in [0.29, 0.717) is 11.3 Å². The van der Waals surface area contributed by atoms with Crippen LogP contribution in [0.4, 0.5) is 4.79 Å². The molecule has 0 aliphatic carbocycles. The maximum absolute atomic E-state index is 12.4. The zero-order valence-electron chi connectivity index (χ0n) is 14.5. The Hall–Kier alpha value is -3.66. The van der Waals surface area contributed by atoms with Gasteiger partial charge in [0.2, 0.25) is 0 Å². The van der Waals surface area contributed by atoms with Crippen molar-refractivity contribution in [3.05, 3.63) is 59.7 Å². The van der Waals surface area contributed by atoms with Crippen molar-refractivity contribution in [3.8, 4) is 11.5 Å². The molecule has 0 unspecified atom stereocenters. The summed E-state index contributed by atoms with van der Waals surface area (Å²) in [5, 5.41) is 3.90. The SMILES string of the molecule is COc1ccc(S(=O)(=O)Oc2cccc(C=C3C(=O)NC(=O)NC3=O)c2)cc1. The van der Waals surface area contributed by atoms with E-state index in [9.17, 15) is 22.8 Å². The number of carbonyl (C=O) groups excluding carboxylic acids is 3. The monoisotopic (exact) mass is 402 g/mol. The van der Waals surface area contributed by atoms with Crippen LogP contribution in [0.1, 0.15) is 5.56 Å². The number of hydrogen-bond acceptors (Lipinski definition) is 7. The third-order valence-electron chi connectivity index (χ3n) is 3.67. The summed E-state index contributed by atoms with van der Waals surface area (Å²) in [7, 11) is -2.64. The smallest absolute Gasteiger partial charge is 0.339 e. The van der Waals surface area contributed by atoms with Crippen molar-refractivity contribution in [2.24, 2.45) is 0 Å². The lowest BCUT2D eigenvalue weighted by Gasteiger charge is -2.14. The van der Waals surface area contributed by atoms with E-state index in [1.165, 1.54) is 61.7 Å². The Kier molecular flexibility index (Phi) is 5.14. The number of benzene rings is 2. The Bertz CT molecular complexity index is 1070. The highest BCUT2D eigenvalue weighted by Gasteiger charge is 2.27. The van der Waals surface area contributed by atoms with Crippen LogP contribution >= 0.6 is 0 Å². The summed E-state index contributed by atoms with van der Waals surface area (Å²) in [6.07, 6.45) is 1.21. The van der Waals surface area contributed by atoms with Gasteiger partial charge in [-0.05, 0) is 48.0 Å². The van der Waals surface area contributed by atoms with Crippen molar-refractivity contribution in [2.45, 2.75) is 4.90 Å². The van der Waals surface area contributed by atoms with Crippen molar-refractivity contribution in [2.75, 3.05) is 7.11 Å². The van der Waals surface area contributed by atoms with Crippen LogP contribution in [0.3, 0.4) is 0 Å². The molecule has 0 saturated carbocycles. The average molecular weight is 402 g/mol. The van der Waals surface area contributed by atoms with Crippen molar-refractivity contribution in [1.82, 2.24) is 10.6 Å². The molecule has 1 fully saturated rings. The number of imide groups is 2. The van der Waals surface area contributed by atoms with E-state index in [0.717, 1.165) is 0 Å². The number of carbonyl (C=O) groups is 3. The van der Waals surface area contributed by atoms with Gasteiger partial charge < -0.3 is 8.92 Å². The average Bonchev–Trinajstić information content (AvgIpc) is 2.64. The summed E-state index contributed by atoms with van der Waals surface area (Å²) in [5.41, 5.74) is 0.0341. The van der Waals surface area contributed by atoms with Gasteiger partial charge >= 0.3 is 16.1 Å². The minimum absolute atomic E-state index is 0.0159. The number of urea groups is 1. The summed E-state index contributed by atoms with van der Waals surface area (Å²) >= 11 is 0. The lowest BCUT2D eigenvalue weighted by Crippen LogP contribution is -2.51. The predicted molar refractivity (Wildman–Crippen MR) is 96.9 cm³/mol. The van der Waals surface area contributed by atoms with E-state index in [4.69, 9.17) is 8.92 Å². The van der Waals surface area contributed by atoms with Crippen molar-refractivity contribution < 1.29 is 31.7 Å². The minimum atomic E-state index is -4.10. The predicted octanol–water partition coefficient (Wildman–Crippen LogP) is 1.21. The molecule has 0 aromatic heterocycles. The third kappa shape index (κ3) is 4.18. The van der Waals surface area contributed by atoms with Crippen LogP contribution in [-0.4, -0.2) is 33.4 Å². The summed E-state index contributed by atoms with van der Waals surface area (Å²) < 4.78 is 34.9. The Morgan fingerprint density at radius 1 is 0.893 bits per heavy atom. The van der Waals surface area contributed by atoms with Gasteiger partial charge in [-0.25, -0.2) is 4.79 Å². The van der Waals surface area contributed by atoms with Gasteiger partial charge in [0.1, 0.15) is 22.0 Å². The Labute approximate surface area is 160 Å². The number of barbiturate groups is 1. The van der Waals surface area contributed by atoms with Gasteiger partial charge in [-0.2, -0.15) is 8.42 Å². The van der Waals surface area contributed by atoms with Gasteiger partial charge in [-0.1, -0.05) is 12.1 Å². The molecule has 0 atom stereocenters. The molecule has 1 saturated heterocycles. The first kappa shape index (κ1) is 19.1. The molecule has 9 nitrogen and oxygen atoms in total. The van der Waals surface area contributed by atoms with E-state index in [2.05, 4.69) is 0 Å². The fraction of sp³-hybridized carbons (Fsp3) is 0.0556. The minimum Gasteiger partial charge on any atom is -0.497 e. The fourth-order valence-electron chi connectivity index (χ4n) is 2.35. The second-order valence-corrected chi connectivity index (χ2v) is 7.13. The lowest BCUT2D eigenvalue weighted by atomic mass is 10.1. The van der Waals surface area contributed by atoms with E-state index in [1.54, 1.807) is 0 Å². The number of amides is 4. The number of rotatable bonds is 5. The second-order valence-electron chi connectivity index (χ2n) is 5.58. The number of nitrogens with one attached hydrogen (secondary N) is 2. The first-order valence-electron chi connectivity index (χ1n) is 7.85. The van der Waals surface area contributed by atoms with Crippen LogP contribution in [0.2, 0.25) is 0 Å². The zero-order valence-corrected chi connectivity index (χ0v) is 15.3. The highest BCUT2D eigenvalue weighted by Crippen LogP contribution is 2.23. The van der Waals surface area contributed by atoms with Gasteiger partial charge in [0.15, 0.2) is 0 Å². The van der Waals surface area contributed by atoms with Crippen LogP contribution in [0.25, 0.3) is 6.08 Å². The second kappa shape index (κ2) is 7.53. The molecule has 2 aromatic carbocycles. The number of ether oxygens (including phenoxy) is 1. The maximum Gasteiger partial charge on any atom is 0.339 e. The van der Waals surface area contributed by atoms with E-state index in [1.807, 2.05) is 10.6 Å². The molecule has 0 spiro atoms. The normalized spacial score (nSPS) is 14.2. The van der Waals surface area contributed by atoms with Gasteiger partial charge in [0.05, 0.1) is 7.11 Å². The molecule has 4 amide bonds. The molecular weight excluding hydrogens is 388 g/mol. The van der Waals surface area contributed by atoms with Crippen LogP contribution in [0, 0.1) is 0 Å². The Morgan fingerprint density at radius 2 is 1.54 bits per heavy atom. The van der Waals surface area contributed by atoms with Crippen LogP contribution in [-0.2, 0) is 19.7 Å². The molecule has 0 radical (unpaired) electrons. The van der Waals surface area contributed by atoms with Crippen LogP contribution in [0.5, 0.6) is 11.5 Å². The van der Waals surface area contributed by atoms with Crippen molar-refractivity contribution in [1.29, 1.82) is 0 Å². The van der Waals surface area contributed by atoms with Gasteiger partial charge in [-0.3, -0.25) is 20.2 Å². The molecule has 0 bridgehead atoms. The number of methoxy groups -OCH3 is 1. The molecule has 3 rings (SSSR count). The summed E-state index contributed by atoms with van der Waals surface area (Å²) in [4.78, 5) is 34.6. The summed E-state index contributed by atoms with van der Waals surface area (Å²) in [6, 6.07) is 10.5. The lowest BCUT2D eigenvalue weighted by molar-refractivity contribution is -0.123. The molecule has 28 heavy (non-hydrogen) atoms. The highest BCUT2D eigenvalue weighted by atomic mass is 32.2. The Morgan fingerprint density at radius 3 is 2.14 bits per heavy atom. The molecule has 1 heterocycles. The first-order chi connectivity index (χ1) is 13.3. The van der Waals surface area contributed by atoms with Crippen molar-refractivity contribution in [3.63, 3.8) is 0 Å². The largest absolute Gasteiger partial charge is 0.497 e. The third-order valence-corrected chi connectivity index (χ3v) is 4.93. The van der Waals surface area contributed by atoms with E-state index in [-0.39, 0.29) is 16.2 Å². The molecule has 1 aliphatic rings. The molecule has 144 valence electrons. The molecular formula is C18H14N2O7S. The van der Waals surface area contributed by atoms with Gasteiger partial charge in [0.25, 0.3) is 11.8 Å². The van der Waals surface area contributed by atoms with Crippen molar-refractivity contribution >= 4 is 34.0 Å². The van der Waals surface area contributed by atoms with E-state index >= 15 is 0 Å². The standard InChI is InChI=1S/C18H14N2O7S/c1-26-12-5-7-14(8-6-12)28(24,25)27-13-4-2-3-11(9-13)10-15-16(21)19-18(23)20-17(15)22/h2-10H,1H3,(H2,19,20,21,22,23). The molecule has 2 aromatic rings. The first-order valence-corrected chi connectivity index (χ1v) is 9.26. The topological polar surface area (TPSA) is 128 Å². The molecule has 2 N–H and O–H groups in total. The van der Waals surface area contributed by atoms with Gasteiger partial charge in [-0.15, -0.1) is 0 Å². The Balaban J connectivity index is 1.85. The quantitative estimate of drug-likeness (QED) is 0.437. The van der Waals surface area contributed by atoms with Crippen LogP contribution in [0.15, 0.2) is 59.0 Å². The summed E-state index contributed by atoms with van der Waals surface area (Å²) in [6.45, 7) is 0.